The molecule has 0 unspecified atom stereocenters. The van der Waals surface area contributed by atoms with Gasteiger partial charge in [-0.1, -0.05) is 31.1 Å². The lowest BCUT2D eigenvalue weighted by Crippen LogP contribution is -2.25. The van der Waals surface area contributed by atoms with Gasteiger partial charge in [-0.15, -0.1) is 0 Å². The van der Waals surface area contributed by atoms with Gasteiger partial charge >= 0.3 is 0 Å². The number of benzene rings is 1. The van der Waals surface area contributed by atoms with Crippen LogP contribution in [-0.2, 0) is 9.57 Å². The highest BCUT2D eigenvalue weighted by molar-refractivity contribution is 5.94. The summed E-state index contributed by atoms with van der Waals surface area (Å²) >= 11 is 0. The molecule has 1 amide bonds. The van der Waals surface area contributed by atoms with Gasteiger partial charge in [0.15, 0.2) is 0 Å². The van der Waals surface area contributed by atoms with Crippen LogP contribution in [0, 0.1) is 5.92 Å². The molecule has 0 heterocycles. The van der Waals surface area contributed by atoms with E-state index in [0.29, 0.717) is 24.6 Å². The number of nitrogens with one attached hydrogen (secondary N) is 1. The molecule has 5 heteroatoms. The van der Waals surface area contributed by atoms with Crippen LogP contribution in [0.15, 0.2) is 29.4 Å². The Morgan fingerprint density at radius 1 is 1.33 bits per heavy atom. The second-order valence-electron chi connectivity index (χ2n) is 5.12. The van der Waals surface area contributed by atoms with E-state index in [-0.39, 0.29) is 5.91 Å². The van der Waals surface area contributed by atoms with Gasteiger partial charge in [0.2, 0.25) is 0 Å². The molecule has 0 aliphatic rings. The quantitative estimate of drug-likeness (QED) is 0.432. The number of hydrogen-bond acceptors (Lipinski definition) is 4. The Labute approximate surface area is 126 Å². The van der Waals surface area contributed by atoms with E-state index in [1.165, 1.54) is 7.11 Å². The van der Waals surface area contributed by atoms with Crippen molar-refractivity contribution in [3.05, 3.63) is 35.4 Å². The smallest absolute Gasteiger partial charge is 0.251 e. The van der Waals surface area contributed by atoms with E-state index >= 15 is 0 Å². The molecule has 1 rings (SSSR count). The molecule has 116 valence electrons. The third-order valence-corrected chi connectivity index (χ3v) is 2.68. The maximum Gasteiger partial charge on any atom is 0.251 e. The Kier molecular flexibility index (Phi) is 8.12. The Morgan fingerprint density at radius 2 is 2.05 bits per heavy atom. The summed E-state index contributed by atoms with van der Waals surface area (Å²) < 4.78 is 5.46. The maximum absolute atomic E-state index is 11.9. The van der Waals surface area contributed by atoms with Crippen molar-refractivity contribution in [2.45, 2.75) is 20.3 Å². The van der Waals surface area contributed by atoms with E-state index in [2.05, 4.69) is 29.2 Å². The van der Waals surface area contributed by atoms with Gasteiger partial charge in [-0.05, 0) is 30.0 Å². The minimum atomic E-state index is -0.0749. The Morgan fingerprint density at radius 3 is 2.67 bits per heavy atom. The molecule has 0 aliphatic heterocycles. The van der Waals surface area contributed by atoms with E-state index < -0.39 is 0 Å². The highest BCUT2D eigenvalue weighted by Gasteiger charge is 2.04. The number of nitrogens with zero attached hydrogens (tertiary/aromatic N) is 1. The van der Waals surface area contributed by atoms with Crippen LogP contribution in [0.1, 0.15) is 36.2 Å². The minimum absolute atomic E-state index is 0.0749. The van der Waals surface area contributed by atoms with Crippen LogP contribution < -0.4 is 5.32 Å². The molecule has 0 saturated heterocycles. The number of carbonyl (C=O) groups excluding carboxylic acids is 1. The molecule has 0 aromatic heterocycles. The molecule has 5 nitrogen and oxygen atoms in total. The van der Waals surface area contributed by atoms with Gasteiger partial charge < -0.3 is 14.9 Å². The van der Waals surface area contributed by atoms with Crippen LogP contribution in [0.3, 0.4) is 0 Å². The number of rotatable bonds is 9. The fourth-order valence-corrected chi connectivity index (χ4v) is 1.63. The van der Waals surface area contributed by atoms with Crippen LogP contribution in [0.2, 0.25) is 0 Å². The zero-order valence-electron chi connectivity index (χ0n) is 13.0. The fourth-order valence-electron chi connectivity index (χ4n) is 1.63. The number of oxime groups is 1. The number of ether oxygens (including phenoxy) is 1. The Bertz CT molecular complexity index is 441. The van der Waals surface area contributed by atoms with Crippen molar-refractivity contribution in [1.29, 1.82) is 0 Å². The topological polar surface area (TPSA) is 59.9 Å². The number of amides is 1. The maximum atomic E-state index is 11.9. The molecule has 0 bridgehead atoms. The summed E-state index contributed by atoms with van der Waals surface area (Å²) in [6.07, 6.45) is 2.41. The highest BCUT2D eigenvalue weighted by Crippen LogP contribution is 2.03. The Balaban J connectivity index is 2.27. The summed E-state index contributed by atoms with van der Waals surface area (Å²) in [5.41, 5.74) is 1.52. The summed E-state index contributed by atoms with van der Waals surface area (Å²) in [6, 6.07) is 7.18. The third-order valence-electron chi connectivity index (χ3n) is 2.68. The van der Waals surface area contributed by atoms with Crippen molar-refractivity contribution >= 4 is 12.1 Å². The van der Waals surface area contributed by atoms with E-state index in [1.54, 1.807) is 18.3 Å². The molecule has 1 aromatic carbocycles. The van der Waals surface area contributed by atoms with Crippen LogP contribution in [0.5, 0.6) is 0 Å². The first-order valence-electron chi connectivity index (χ1n) is 7.16. The molecule has 21 heavy (non-hydrogen) atoms. The van der Waals surface area contributed by atoms with Crippen molar-refractivity contribution in [2.75, 3.05) is 26.9 Å². The van der Waals surface area contributed by atoms with Crippen molar-refractivity contribution in [3.8, 4) is 0 Å². The molecule has 0 radical (unpaired) electrons. The van der Waals surface area contributed by atoms with Crippen LogP contribution in [-0.4, -0.2) is 39.0 Å². The standard InChI is InChI=1S/C16H24N2O3/c1-13(2)12-21-10-4-9-17-16(19)15-7-5-14(6-8-15)11-18-20-3/h5-8,11,13H,4,9-10,12H2,1-3H3,(H,17,19)/b18-11+. The molecule has 0 atom stereocenters. The van der Waals surface area contributed by atoms with Gasteiger partial charge in [-0.3, -0.25) is 4.79 Å². The zero-order valence-corrected chi connectivity index (χ0v) is 13.0. The second kappa shape index (κ2) is 9.94. The van der Waals surface area contributed by atoms with Crippen LogP contribution >= 0.6 is 0 Å². The SMILES string of the molecule is CO/N=C/c1ccc(C(=O)NCCCOCC(C)C)cc1. The number of carbonyl (C=O) groups is 1. The van der Waals surface area contributed by atoms with E-state index in [9.17, 15) is 4.79 Å². The van der Waals surface area contributed by atoms with Crippen molar-refractivity contribution in [1.82, 2.24) is 5.32 Å². The molecule has 1 N–H and O–H groups in total. The summed E-state index contributed by atoms with van der Waals surface area (Å²) in [5, 5.41) is 6.54. The van der Waals surface area contributed by atoms with Crippen LogP contribution in [0.4, 0.5) is 0 Å². The van der Waals surface area contributed by atoms with Crippen LogP contribution in [0.25, 0.3) is 0 Å². The average molecular weight is 292 g/mol. The fraction of sp³-hybridized carbons (Fsp3) is 0.500. The van der Waals surface area contributed by atoms with Gasteiger partial charge in [0, 0.05) is 25.3 Å². The Hall–Kier alpha value is -1.88. The van der Waals surface area contributed by atoms with Gasteiger partial charge in [-0.2, -0.15) is 0 Å². The lowest BCUT2D eigenvalue weighted by Gasteiger charge is -2.08. The number of hydrogen-bond donors (Lipinski definition) is 1. The summed E-state index contributed by atoms with van der Waals surface area (Å²) in [7, 11) is 1.49. The molecular formula is C16H24N2O3. The lowest BCUT2D eigenvalue weighted by atomic mass is 10.1. The van der Waals surface area contributed by atoms with Crippen molar-refractivity contribution in [2.24, 2.45) is 11.1 Å². The van der Waals surface area contributed by atoms with Crippen molar-refractivity contribution < 1.29 is 14.4 Å². The summed E-state index contributed by atoms with van der Waals surface area (Å²) in [4.78, 5) is 16.5. The van der Waals surface area contributed by atoms with E-state index in [1.807, 2.05) is 12.1 Å². The van der Waals surface area contributed by atoms with E-state index in [4.69, 9.17) is 4.74 Å². The minimum Gasteiger partial charge on any atom is -0.399 e. The normalized spacial score (nSPS) is 11.0. The van der Waals surface area contributed by atoms with Gasteiger partial charge in [-0.25, -0.2) is 0 Å². The average Bonchev–Trinajstić information content (AvgIpc) is 2.48. The van der Waals surface area contributed by atoms with Gasteiger partial charge in [0.05, 0.1) is 6.21 Å². The van der Waals surface area contributed by atoms with Gasteiger partial charge in [0.25, 0.3) is 5.91 Å². The summed E-state index contributed by atoms with van der Waals surface area (Å²) in [5.74, 6) is 0.467. The molecule has 0 saturated carbocycles. The first-order chi connectivity index (χ1) is 10.1. The predicted molar refractivity (Wildman–Crippen MR) is 83.7 cm³/mol. The molecule has 1 aromatic rings. The molecule has 0 fully saturated rings. The third kappa shape index (κ3) is 7.46. The lowest BCUT2D eigenvalue weighted by molar-refractivity contribution is 0.0925. The zero-order chi connectivity index (χ0) is 15.5. The van der Waals surface area contributed by atoms with Gasteiger partial charge in [0.1, 0.15) is 7.11 Å². The largest absolute Gasteiger partial charge is 0.399 e. The first kappa shape index (κ1) is 17.2. The first-order valence-corrected chi connectivity index (χ1v) is 7.16. The molecular weight excluding hydrogens is 268 g/mol. The van der Waals surface area contributed by atoms with Crippen molar-refractivity contribution in [3.63, 3.8) is 0 Å². The second-order valence-corrected chi connectivity index (χ2v) is 5.12. The summed E-state index contributed by atoms with van der Waals surface area (Å²) in [6.45, 7) is 6.28. The highest BCUT2D eigenvalue weighted by atomic mass is 16.6. The predicted octanol–water partition coefficient (Wildman–Crippen LogP) is 2.46. The molecule has 0 spiro atoms. The monoisotopic (exact) mass is 292 g/mol. The molecule has 0 aliphatic carbocycles. The van der Waals surface area contributed by atoms with E-state index in [0.717, 1.165) is 18.6 Å².